The van der Waals surface area contributed by atoms with Crippen LogP contribution in [0.15, 0.2) is 46.9 Å². The number of anilines is 1. The SMILES string of the molecule is Cc1cc(Br)ccc1NCC(=O)NCCc1cccc(Cl)c1. The average molecular weight is 382 g/mol. The van der Waals surface area contributed by atoms with Crippen LogP contribution in [-0.2, 0) is 11.2 Å². The predicted octanol–water partition coefficient (Wildman–Crippen LogP) is 4.18. The van der Waals surface area contributed by atoms with Crippen LogP contribution in [-0.4, -0.2) is 19.0 Å². The van der Waals surface area contributed by atoms with Crippen LogP contribution in [0.5, 0.6) is 0 Å². The molecule has 0 saturated carbocycles. The Bertz CT molecular complexity index is 661. The maximum atomic E-state index is 11.8. The standard InChI is InChI=1S/C17H18BrClN2O/c1-12-9-14(18)5-6-16(12)21-11-17(22)20-8-7-13-3-2-4-15(19)10-13/h2-6,9-10,21H,7-8,11H2,1H3,(H,20,22). The Morgan fingerprint density at radius 3 is 2.77 bits per heavy atom. The van der Waals surface area contributed by atoms with E-state index in [0.29, 0.717) is 6.54 Å². The fraction of sp³-hybridized carbons (Fsp3) is 0.235. The molecule has 5 heteroatoms. The third-order valence-corrected chi connectivity index (χ3v) is 3.98. The van der Waals surface area contributed by atoms with E-state index >= 15 is 0 Å². The summed E-state index contributed by atoms with van der Waals surface area (Å²) in [5.41, 5.74) is 3.18. The smallest absolute Gasteiger partial charge is 0.239 e. The molecule has 0 aliphatic heterocycles. The van der Waals surface area contributed by atoms with Crippen molar-refractivity contribution in [3.05, 3.63) is 63.1 Å². The number of nitrogens with one attached hydrogen (secondary N) is 2. The number of rotatable bonds is 6. The second-order valence-corrected chi connectivity index (χ2v) is 6.39. The molecular formula is C17H18BrClN2O. The first kappa shape index (κ1) is 16.8. The van der Waals surface area contributed by atoms with Crippen LogP contribution < -0.4 is 10.6 Å². The molecule has 22 heavy (non-hydrogen) atoms. The van der Waals surface area contributed by atoms with Crippen LogP contribution >= 0.6 is 27.5 Å². The molecule has 1 amide bonds. The lowest BCUT2D eigenvalue weighted by molar-refractivity contribution is -0.119. The number of carbonyl (C=O) groups is 1. The fourth-order valence-corrected chi connectivity index (χ4v) is 2.79. The molecular weight excluding hydrogens is 364 g/mol. The Labute approximate surface area is 144 Å². The quantitative estimate of drug-likeness (QED) is 0.788. The molecule has 0 aliphatic carbocycles. The molecule has 2 aromatic carbocycles. The third kappa shape index (κ3) is 5.35. The van der Waals surface area contributed by atoms with Crippen LogP contribution in [0, 0.1) is 6.92 Å². The zero-order valence-corrected chi connectivity index (χ0v) is 14.7. The number of halogens is 2. The number of aryl methyl sites for hydroxylation is 1. The first-order chi connectivity index (χ1) is 10.5. The van der Waals surface area contributed by atoms with E-state index in [4.69, 9.17) is 11.6 Å². The topological polar surface area (TPSA) is 41.1 Å². The highest BCUT2D eigenvalue weighted by molar-refractivity contribution is 9.10. The summed E-state index contributed by atoms with van der Waals surface area (Å²) in [6.45, 7) is 2.86. The average Bonchev–Trinajstić information content (AvgIpc) is 2.46. The van der Waals surface area contributed by atoms with Crippen molar-refractivity contribution in [1.82, 2.24) is 5.32 Å². The summed E-state index contributed by atoms with van der Waals surface area (Å²) in [5, 5.41) is 6.76. The van der Waals surface area contributed by atoms with E-state index < -0.39 is 0 Å². The normalized spacial score (nSPS) is 10.3. The Kier molecular flexibility index (Phi) is 6.28. The lowest BCUT2D eigenvalue weighted by Gasteiger charge is -2.10. The lowest BCUT2D eigenvalue weighted by Crippen LogP contribution is -2.31. The molecule has 0 spiro atoms. The van der Waals surface area contributed by atoms with E-state index in [1.807, 2.05) is 49.4 Å². The second-order valence-electron chi connectivity index (χ2n) is 5.04. The van der Waals surface area contributed by atoms with E-state index in [1.165, 1.54) is 0 Å². The van der Waals surface area contributed by atoms with Gasteiger partial charge in [0, 0.05) is 21.7 Å². The van der Waals surface area contributed by atoms with Crippen molar-refractivity contribution in [2.75, 3.05) is 18.4 Å². The van der Waals surface area contributed by atoms with Gasteiger partial charge < -0.3 is 10.6 Å². The van der Waals surface area contributed by atoms with E-state index in [1.54, 1.807) is 0 Å². The molecule has 0 bridgehead atoms. The van der Waals surface area contributed by atoms with Gasteiger partial charge in [-0.15, -0.1) is 0 Å². The molecule has 3 nitrogen and oxygen atoms in total. The molecule has 116 valence electrons. The number of carbonyl (C=O) groups excluding carboxylic acids is 1. The van der Waals surface area contributed by atoms with Crippen LogP contribution in [0.1, 0.15) is 11.1 Å². The molecule has 0 heterocycles. The van der Waals surface area contributed by atoms with Gasteiger partial charge in [-0.05, 0) is 54.8 Å². The highest BCUT2D eigenvalue weighted by atomic mass is 79.9. The van der Waals surface area contributed by atoms with Crippen molar-refractivity contribution in [3.8, 4) is 0 Å². The van der Waals surface area contributed by atoms with Crippen LogP contribution in [0.25, 0.3) is 0 Å². The third-order valence-electron chi connectivity index (χ3n) is 3.25. The molecule has 0 radical (unpaired) electrons. The highest BCUT2D eigenvalue weighted by Crippen LogP contribution is 2.19. The van der Waals surface area contributed by atoms with Gasteiger partial charge in [-0.2, -0.15) is 0 Å². The van der Waals surface area contributed by atoms with Gasteiger partial charge in [-0.1, -0.05) is 39.7 Å². The predicted molar refractivity (Wildman–Crippen MR) is 95.5 cm³/mol. The summed E-state index contributed by atoms with van der Waals surface area (Å²) in [5.74, 6) is -0.0238. The largest absolute Gasteiger partial charge is 0.376 e. The molecule has 0 unspecified atom stereocenters. The van der Waals surface area contributed by atoms with Gasteiger partial charge in [0.2, 0.25) is 5.91 Å². The summed E-state index contributed by atoms with van der Waals surface area (Å²) in [6, 6.07) is 13.6. The lowest BCUT2D eigenvalue weighted by atomic mass is 10.1. The van der Waals surface area contributed by atoms with Crippen molar-refractivity contribution < 1.29 is 4.79 Å². The van der Waals surface area contributed by atoms with Gasteiger partial charge in [0.25, 0.3) is 0 Å². The van der Waals surface area contributed by atoms with E-state index in [2.05, 4.69) is 26.6 Å². The van der Waals surface area contributed by atoms with Gasteiger partial charge in [0.1, 0.15) is 0 Å². The summed E-state index contributed by atoms with van der Waals surface area (Å²) in [6.07, 6.45) is 0.767. The summed E-state index contributed by atoms with van der Waals surface area (Å²) in [7, 11) is 0. The molecule has 0 atom stereocenters. The molecule has 0 aliphatic rings. The van der Waals surface area contributed by atoms with Gasteiger partial charge in [-0.3, -0.25) is 4.79 Å². The van der Waals surface area contributed by atoms with Crippen molar-refractivity contribution >= 4 is 39.1 Å². The van der Waals surface area contributed by atoms with Gasteiger partial charge in [0.05, 0.1) is 6.54 Å². The van der Waals surface area contributed by atoms with Gasteiger partial charge in [0.15, 0.2) is 0 Å². The molecule has 0 aromatic heterocycles. The molecule has 0 fully saturated rings. The number of hydrogen-bond acceptors (Lipinski definition) is 2. The highest BCUT2D eigenvalue weighted by Gasteiger charge is 2.03. The minimum atomic E-state index is -0.0238. The minimum Gasteiger partial charge on any atom is -0.376 e. The fourth-order valence-electron chi connectivity index (χ4n) is 2.10. The van der Waals surface area contributed by atoms with Crippen LogP contribution in [0.3, 0.4) is 0 Å². The zero-order valence-electron chi connectivity index (χ0n) is 12.3. The Morgan fingerprint density at radius 1 is 1.23 bits per heavy atom. The van der Waals surface area contributed by atoms with Crippen LogP contribution in [0.2, 0.25) is 5.02 Å². The maximum absolute atomic E-state index is 11.8. The summed E-state index contributed by atoms with van der Waals surface area (Å²) < 4.78 is 1.03. The Hall–Kier alpha value is -1.52. The van der Waals surface area contributed by atoms with E-state index in [-0.39, 0.29) is 12.5 Å². The van der Waals surface area contributed by atoms with Crippen molar-refractivity contribution in [1.29, 1.82) is 0 Å². The monoisotopic (exact) mass is 380 g/mol. The van der Waals surface area contributed by atoms with Crippen molar-refractivity contribution in [2.24, 2.45) is 0 Å². The minimum absolute atomic E-state index is 0.0238. The Morgan fingerprint density at radius 2 is 2.05 bits per heavy atom. The first-order valence-electron chi connectivity index (χ1n) is 7.06. The zero-order chi connectivity index (χ0) is 15.9. The van der Waals surface area contributed by atoms with Crippen molar-refractivity contribution in [2.45, 2.75) is 13.3 Å². The molecule has 2 N–H and O–H groups in total. The number of amides is 1. The maximum Gasteiger partial charge on any atom is 0.239 e. The summed E-state index contributed by atoms with van der Waals surface area (Å²) >= 11 is 9.35. The van der Waals surface area contributed by atoms with Gasteiger partial charge in [-0.25, -0.2) is 0 Å². The number of benzene rings is 2. The van der Waals surface area contributed by atoms with Crippen LogP contribution in [0.4, 0.5) is 5.69 Å². The molecule has 2 rings (SSSR count). The van der Waals surface area contributed by atoms with Gasteiger partial charge >= 0.3 is 0 Å². The molecule has 0 saturated heterocycles. The summed E-state index contributed by atoms with van der Waals surface area (Å²) in [4.78, 5) is 11.8. The Balaban J connectivity index is 1.74. The van der Waals surface area contributed by atoms with Crippen molar-refractivity contribution in [3.63, 3.8) is 0 Å². The number of hydrogen-bond donors (Lipinski definition) is 2. The van der Waals surface area contributed by atoms with E-state index in [9.17, 15) is 4.79 Å². The first-order valence-corrected chi connectivity index (χ1v) is 8.23. The van der Waals surface area contributed by atoms with E-state index in [0.717, 1.165) is 32.7 Å². The second kappa shape index (κ2) is 8.20. The molecule has 2 aromatic rings.